The molecule has 3 aromatic rings. The maximum absolute atomic E-state index is 12.5. The molecule has 37 heavy (non-hydrogen) atoms. The second-order valence-corrected chi connectivity index (χ2v) is 11.7. The van der Waals surface area contributed by atoms with Crippen LogP contribution in [0.5, 0.6) is 0 Å². The van der Waals surface area contributed by atoms with E-state index < -0.39 is 5.97 Å². The van der Waals surface area contributed by atoms with E-state index in [1.807, 2.05) is 59.5 Å². The Balaban J connectivity index is 1.43. The molecule has 9 heteroatoms. The third kappa shape index (κ3) is 8.50. The van der Waals surface area contributed by atoms with Crippen LogP contribution >= 0.6 is 35.1 Å². The number of carbonyl (C=O) groups excluding carboxylic acids is 1. The molecule has 6 nitrogen and oxygen atoms in total. The highest BCUT2D eigenvalue weighted by molar-refractivity contribution is 8.16. The minimum absolute atomic E-state index is 0.0334. The minimum atomic E-state index is -0.806. The van der Waals surface area contributed by atoms with Crippen molar-refractivity contribution in [3.8, 4) is 0 Å². The molecule has 1 atom stereocenters. The van der Waals surface area contributed by atoms with Gasteiger partial charge in [0.15, 0.2) is 0 Å². The van der Waals surface area contributed by atoms with Gasteiger partial charge in [0.1, 0.15) is 0 Å². The minimum Gasteiger partial charge on any atom is -0.481 e. The zero-order valence-corrected chi connectivity index (χ0v) is 22.7. The Labute approximate surface area is 230 Å². The highest BCUT2D eigenvalue weighted by atomic mass is 35.5. The van der Waals surface area contributed by atoms with Gasteiger partial charge in [-0.2, -0.15) is 0 Å². The smallest absolute Gasteiger partial charge is 0.304 e. The summed E-state index contributed by atoms with van der Waals surface area (Å²) in [6.07, 6.45) is 4.55. The van der Waals surface area contributed by atoms with Crippen LogP contribution in [0.4, 0.5) is 0 Å². The average Bonchev–Trinajstić information content (AvgIpc) is 2.91. The Bertz CT molecular complexity index is 1260. The summed E-state index contributed by atoms with van der Waals surface area (Å²) < 4.78 is 5.37. The molecular formula is C28H29ClN2O4S2. The average molecular weight is 557 g/mol. The van der Waals surface area contributed by atoms with Crippen LogP contribution in [0.1, 0.15) is 34.2 Å². The summed E-state index contributed by atoms with van der Waals surface area (Å²) in [7, 11) is 0. The first-order valence-corrected chi connectivity index (χ1v) is 14.6. The summed E-state index contributed by atoms with van der Waals surface area (Å²) in [5.41, 5.74) is 3.81. The zero-order valence-electron chi connectivity index (χ0n) is 20.3. The van der Waals surface area contributed by atoms with Crippen LogP contribution in [0.2, 0.25) is 5.02 Å². The molecule has 1 amide bonds. The fraction of sp³-hybridized carbons (Fsp3) is 0.321. The number of aromatic nitrogens is 1. The molecule has 0 saturated carbocycles. The summed E-state index contributed by atoms with van der Waals surface area (Å²) in [5, 5.41) is 10.8. The monoisotopic (exact) mass is 556 g/mol. The molecule has 0 radical (unpaired) electrons. The van der Waals surface area contributed by atoms with Crippen molar-refractivity contribution in [3.63, 3.8) is 0 Å². The van der Waals surface area contributed by atoms with Crippen molar-refractivity contribution in [2.45, 2.75) is 17.4 Å². The maximum Gasteiger partial charge on any atom is 0.304 e. The molecule has 0 bridgehead atoms. The topological polar surface area (TPSA) is 79.7 Å². The van der Waals surface area contributed by atoms with E-state index in [4.69, 9.17) is 21.4 Å². The van der Waals surface area contributed by atoms with E-state index in [2.05, 4.69) is 17.1 Å². The summed E-state index contributed by atoms with van der Waals surface area (Å²) in [4.78, 5) is 30.2. The molecule has 194 valence electrons. The Kier molecular flexibility index (Phi) is 10.3. The number of hydrogen-bond donors (Lipinski definition) is 1. The molecule has 2 aromatic carbocycles. The molecule has 1 aromatic heterocycles. The maximum atomic E-state index is 12.5. The van der Waals surface area contributed by atoms with Crippen molar-refractivity contribution in [2.75, 3.05) is 37.8 Å². The van der Waals surface area contributed by atoms with E-state index in [-0.39, 0.29) is 16.9 Å². The second-order valence-electron chi connectivity index (χ2n) is 8.54. The number of benzene rings is 2. The third-order valence-corrected chi connectivity index (χ3v) is 8.92. The number of ether oxygens (including phenoxy) is 1. The summed E-state index contributed by atoms with van der Waals surface area (Å²) in [6, 6.07) is 17.9. The molecule has 1 aliphatic heterocycles. The van der Waals surface area contributed by atoms with Gasteiger partial charge in [-0.15, -0.1) is 23.5 Å². The number of nitrogens with zero attached hydrogens (tertiary/aromatic N) is 2. The number of thioether (sulfide) groups is 2. The van der Waals surface area contributed by atoms with Crippen molar-refractivity contribution in [3.05, 3.63) is 76.4 Å². The largest absolute Gasteiger partial charge is 0.481 e. The molecule has 1 aliphatic rings. The highest BCUT2D eigenvalue weighted by Crippen LogP contribution is 2.40. The van der Waals surface area contributed by atoms with E-state index >= 15 is 0 Å². The van der Waals surface area contributed by atoms with Crippen molar-refractivity contribution in [1.29, 1.82) is 0 Å². The van der Waals surface area contributed by atoms with Crippen LogP contribution in [0.3, 0.4) is 0 Å². The lowest BCUT2D eigenvalue weighted by atomic mass is 10.1. The Morgan fingerprint density at radius 2 is 1.78 bits per heavy atom. The fourth-order valence-electron chi connectivity index (χ4n) is 3.91. The molecule has 1 fully saturated rings. The molecule has 0 aliphatic carbocycles. The van der Waals surface area contributed by atoms with Gasteiger partial charge in [-0.25, -0.2) is 4.98 Å². The van der Waals surface area contributed by atoms with Crippen LogP contribution < -0.4 is 0 Å². The Morgan fingerprint density at radius 1 is 1.03 bits per heavy atom. The first-order valence-electron chi connectivity index (χ1n) is 12.1. The van der Waals surface area contributed by atoms with Gasteiger partial charge in [-0.1, -0.05) is 48.0 Å². The number of carboxylic acid groups (broad SMARTS) is 1. The lowest BCUT2D eigenvalue weighted by Gasteiger charge is -2.27. The first kappa shape index (κ1) is 27.5. The normalized spacial score (nSPS) is 14.8. The second kappa shape index (κ2) is 13.9. The van der Waals surface area contributed by atoms with Crippen LogP contribution in [0.15, 0.2) is 54.6 Å². The van der Waals surface area contributed by atoms with Crippen molar-refractivity contribution < 1.29 is 19.4 Å². The predicted octanol–water partition coefficient (Wildman–Crippen LogP) is 6.25. The van der Waals surface area contributed by atoms with Gasteiger partial charge >= 0.3 is 5.97 Å². The first-order chi connectivity index (χ1) is 18.0. The van der Waals surface area contributed by atoms with Crippen molar-refractivity contribution >= 4 is 70.1 Å². The van der Waals surface area contributed by atoms with Crippen LogP contribution in [0.25, 0.3) is 23.1 Å². The lowest BCUT2D eigenvalue weighted by molar-refractivity contribution is -0.136. The van der Waals surface area contributed by atoms with Gasteiger partial charge in [-0.05, 0) is 41.5 Å². The van der Waals surface area contributed by atoms with Gasteiger partial charge in [-0.3, -0.25) is 9.59 Å². The van der Waals surface area contributed by atoms with Gasteiger partial charge in [0.25, 0.3) is 0 Å². The number of amides is 1. The van der Waals surface area contributed by atoms with E-state index in [0.29, 0.717) is 49.3 Å². The quantitative estimate of drug-likeness (QED) is 0.280. The van der Waals surface area contributed by atoms with Crippen LogP contribution in [0, 0.1) is 0 Å². The molecule has 1 saturated heterocycles. The molecular weight excluding hydrogens is 528 g/mol. The number of aliphatic carboxylic acids is 1. The number of hydrogen-bond acceptors (Lipinski definition) is 6. The van der Waals surface area contributed by atoms with Crippen LogP contribution in [-0.4, -0.2) is 64.7 Å². The summed E-state index contributed by atoms with van der Waals surface area (Å²) in [5.74, 6) is 0.518. The summed E-state index contributed by atoms with van der Waals surface area (Å²) in [6.45, 7) is 2.48. The van der Waals surface area contributed by atoms with Crippen LogP contribution in [-0.2, 0) is 14.3 Å². The van der Waals surface area contributed by atoms with E-state index in [0.717, 1.165) is 27.7 Å². The SMILES string of the molecule is O=C(O)CCSC(SCCC(=O)N1CCOCC1)c1cccc(/C=C/c2ccc3ccc(Cl)cc3n2)c1. The number of carbonyl (C=O) groups is 2. The Hall–Kier alpha value is -2.52. The molecule has 4 rings (SSSR count). The molecule has 1 N–H and O–H groups in total. The third-order valence-electron chi connectivity index (χ3n) is 5.84. The number of morpholine rings is 1. The standard InChI is InChI=1S/C28H29ClN2O4S2/c29-23-7-5-21-6-9-24(30-25(21)19-23)8-4-20-2-1-3-22(18-20)28(37-17-11-27(33)34)36-16-10-26(32)31-12-14-35-15-13-31/h1-9,18-19,28H,10-17H2,(H,33,34)/b8-4+. The van der Waals surface area contributed by atoms with Gasteiger partial charge < -0.3 is 14.7 Å². The predicted molar refractivity (Wildman–Crippen MR) is 154 cm³/mol. The molecule has 1 unspecified atom stereocenters. The van der Waals surface area contributed by atoms with E-state index in [9.17, 15) is 9.59 Å². The van der Waals surface area contributed by atoms with Gasteiger partial charge in [0.2, 0.25) is 5.91 Å². The fourth-order valence-corrected chi connectivity index (χ4v) is 6.73. The van der Waals surface area contributed by atoms with Crippen molar-refractivity contribution in [2.24, 2.45) is 0 Å². The zero-order chi connectivity index (χ0) is 26.0. The number of halogens is 1. The lowest BCUT2D eigenvalue weighted by Crippen LogP contribution is -2.40. The van der Waals surface area contributed by atoms with Gasteiger partial charge in [0.05, 0.1) is 35.4 Å². The molecule has 2 heterocycles. The van der Waals surface area contributed by atoms with Gasteiger partial charge in [0, 0.05) is 41.4 Å². The highest BCUT2D eigenvalue weighted by Gasteiger charge is 2.19. The number of pyridine rings is 1. The van der Waals surface area contributed by atoms with E-state index in [1.165, 1.54) is 0 Å². The Morgan fingerprint density at radius 3 is 2.57 bits per heavy atom. The number of rotatable bonds is 11. The number of carboxylic acids is 1. The summed E-state index contributed by atoms with van der Waals surface area (Å²) >= 11 is 9.41. The number of fused-ring (bicyclic) bond motifs is 1. The van der Waals surface area contributed by atoms with Crippen molar-refractivity contribution in [1.82, 2.24) is 9.88 Å². The van der Waals surface area contributed by atoms with E-state index in [1.54, 1.807) is 23.5 Å². The molecule has 0 spiro atoms.